The minimum absolute atomic E-state index is 0.208. The Balaban J connectivity index is 1.56. The number of ether oxygens (including phenoxy) is 3. The van der Waals surface area contributed by atoms with E-state index >= 15 is 0 Å². The molecule has 0 saturated heterocycles. The highest BCUT2D eigenvalue weighted by Crippen LogP contribution is 2.50. The topological polar surface area (TPSA) is 120 Å². The lowest BCUT2D eigenvalue weighted by Gasteiger charge is -2.19. The fourth-order valence-electron chi connectivity index (χ4n) is 5.78. The molecular formula is C33H36N4O6. The van der Waals surface area contributed by atoms with Gasteiger partial charge in [-0.3, -0.25) is 14.4 Å². The van der Waals surface area contributed by atoms with Gasteiger partial charge in [0.2, 0.25) is 23.0 Å². The maximum atomic E-state index is 13.6. The van der Waals surface area contributed by atoms with Crippen LogP contribution in [0.3, 0.4) is 0 Å². The van der Waals surface area contributed by atoms with Gasteiger partial charge in [-0.1, -0.05) is 12.1 Å². The summed E-state index contributed by atoms with van der Waals surface area (Å²) < 4.78 is 19.1. The van der Waals surface area contributed by atoms with Crippen LogP contribution in [-0.4, -0.2) is 43.8 Å². The lowest BCUT2D eigenvalue weighted by Crippen LogP contribution is -2.33. The Morgan fingerprint density at radius 2 is 1.74 bits per heavy atom. The zero-order valence-electron chi connectivity index (χ0n) is 25.2. The van der Waals surface area contributed by atoms with Gasteiger partial charge in [-0.2, -0.15) is 0 Å². The molecule has 10 nitrogen and oxygen atoms in total. The minimum Gasteiger partial charge on any atom is -0.493 e. The largest absolute Gasteiger partial charge is 0.493 e. The van der Waals surface area contributed by atoms with E-state index in [4.69, 9.17) is 14.2 Å². The van der Waals surface area contributed by atoms with E-state index in [0.29, 0.717) is 46.9 Å². The van der Waals surface area contributed by atoms with E-state index < -0.39 is 12.1 Å². The van der Waals surface area contributed by atoms with Crippen LogP contribution in [0.4, 0.5) is 11.4 Å². The number of anilines is 2. The van der Waals surface area contributed by atoms with Gasteiger partial charge < -0.3 is 34.7 Å². The average Bonchev–Trinajstić information content (AvgIpc) is 3.22. The molecule has 0 saturated carbocycles. The first-order valence-corrected chi connectivity index (χ1v) is 14.1. The zero-order valence-corrected chi connectivity index (χ0v) is 25.2. The van der Waals surface area contributed by atoms with E-state index in [0.717, 1.165) is 22.0 Å². The third kappa shape index (κ3) is 5.60. The number of rotatable bonds is 8. The van der Waals surface area contributed by atoms with Crippen molar-refractivity contribution < 1.29 is 23.8 Å². The average molecular weight is 585 g/mol. The van der Waals surface area contributed by atoms with Gasteiger partial charge in [-0.25, -0.2) is 0 Å². The number of methoxy groups -OCH3 is 3. The van der Waals surface area contributed by atoms with Crippen molar-refractivity contribution in [1.82, 2.24) is 9.88 Å². The monoisotopic (exact) mass is 584 g/mol. The maximum absolute atomic E-state index is 13.6. The van der Waals surface area contributed by atoms with Crippen LogP contribution in [0.15, 0.2) is 59.5 Å². The molecule has 0 fully saturated rings. The summed E-state index contributed by atoms with van der Waals surface area (Å²) in [6.45, 7) is 3.15. The van der Waals surface area contributed by atoms with Gasteiger partial charge in [0.1, 0.15) is 6.04 Å². The molecule has 0 aliphatic heterocycles. The summed E-state index contributed by atoms with van der Waals surface area (Å²) in [5.74, 6) is 0.927. The number of fused-ring (bicyclic) bond motifs is 4. The molecular weight excluding hydrogens is 548 g/mol. The van der Waals surface area contributed by atoms with E-state index in [1.807, 2.05) is 54.2 Å². The van der Waals surface area contributed by atoms with E-state index in [1.165, 1.54) is 20.1 Å². The number of nitrogens with one attached hydrogen (secondary N) is 3. The Bertz CT molecular complexity index is 1780. The van der Waals surface area contributed by atoms with E-state index in [1.54, 1.807) is 27.2 Å². The van der Waals surface area contributed by atoms with Gasteiger partial charge in [-0.15, -0.1) is 0 Å². The molecule has 1 aliphatic carbocycles. The molecule has 4 aromatic rings. The van der Waals surface area contributed by atoms with Crippen molar-refractivity contribution in [2.75, 3.05) is 32.0 Å². The number of benzene rings is 2. The standard InChI is InChI=1S/C33H36N4O6/c1-18(33(40)36-24-8-7-9-27-22(24)14-15-37(27)3)34-26-13-11-21-23(17-28(26)39)25(35-19(2)38)12-10-20-16-29(41-4)31(42-5)32(43-6)30(20)21/h7-9,11,13-18,25H,10,12H2,1-6H3,(H,34,39)(H,35,38)(H,36,40). The smallest absolute Gasteiger partial charge is 0.246 e. The minimum atomic E-state index is -0.730. The molecule has 2 unspecified atom stereocenters. The van der Waals surface area contributed by atoms with Crippen molar-refractivity contribution in [2.24, 2.45) is 7.05 Å². The number of hydrogen-bond acceptors (Lipinski definition) is 7. The predicted molar refractivity (Wildman–Crippen MR) is 167 cm³/mol. The van der Waals surface area contributed by atoms with E-state index in [-0.39, 0.29) is 22.9 Å². The molecule has 224 valence electrons. The first-order chi connectivity index (χ1) is 20.7. The van der Waals surface area contributed by atoms with Gasteiger partial charge >= 0.3 is 0 Å². The van der Waals surface area contributed by atoms with E-state index in [2.05, 4.69) is 16.0 Å². The quantitative estimate of drug-likeness (QED) is 0.272. The first kappa shape index (κ1) is 29.5. The number of nitrogens with zero attached hydrogens (tertiary/aromatic N) is 1. The second kappa shape index (κ2) is 12.1. The molecule has 0 radical (unpaired) electrons. The van der Waals surface area contributed by atoms with Crippen LogP contribution in [0, 0.1) is 0 Å². The highest BCUT2D eigenvalue weighted by atomic mass is 16.5. The Hall–Kier alpha value is -4.99. The molecule has 5 rings (SSSR count). The molecule has 3 N–H and O–H groups in total. The molecule has 1 aromatic heterocycles. The molecule has 10 heteroatoms. The van der Waals surface area contributed by atoms with Crippen LogP contribution in [-0.2, 0) is 23.1 Å². The summed E-state index contributed by atoms with van der Waals surface area (Å²) in [7, 11) is 6.60. The summed E-state index contributed by atoms with van der Waals surface area (Å²) >= 11 is 0. The predicted octanol–water partition coefficient (Wildman–Crippen LogP) is 4.79. The summed E-state index contributed by atoms with van der Waals surface area (Å²) in [6.07, 6.45) is 3.08. The Kier molecular flexibility index (Phi) is 8.29. The van der Waals surface area contributed by atoms with Crippen LogP contribution in [0.2, 0.25) is 0 Å². The van der Waals surface area contributed by atoms with Gasteiger partial charge in [0.05, 0.1) is 38.7 Å². The third-order valence-electron chi connectivity index (χ3n) is 7.87. The van der Waals surface area contributed by atoms with Gasteiger partial charge in [0.25, 0.3) is 0 Å². The molecule has 3 aromatic carbocycles. The molecule has 2 amide bonds. The SMILES string of the molecule is COc1cc2c(c(OC)c1OC)-c1ccc(NC(C)C(=O)Nc3cccc4c3ccn4C)c(=O)cc1C(NC(C)=O)CC2. The van der Waals surface area contributed by atoms with Crippen molar-refractivity contribution in [2.45, 2.75) is 38.8 Å². The molecule has 43 heavy (non-hydrogen) atoms. The Labute approximate surface area is 250 Å². The number of hydrogen-bond donors (Lipinski definition) is 3. The summed E-state index contributed by atoms with van der Waals surface area (Å²) in [6, 6.07) is 13.4. The molecule has 0 spiro atoms. The van der Waals surface area contributed by atoms with Crippen molar-refractivity contribution in [3.8, 4) is 28.4 Å². The highest BCUT2D eigenvalue weighted by Gasteiger charge is 2.29. The number of carbonyl (C=O) groups is 2. The molecule has 2 atom stereocenters. The molecule has 1 aliphatic rings. The Morgan fingerprint density at radius 1 is 0.977 bits per heavy atom. The summed E-state index contributed by atoms with van der Waals surface area (Å²) in [5.41, 5.74) is 4.66. The second-order valence-corrected chi connectivity index (χ2v) is 10.6. The summed E-state index contributed by atoms with van der Waals surface area (Å²) in [4.78, 5) is 39.1. The van der Waals surface area contributed by atoms with Crippen LogP contribution >= 0.6 is 0 Å². The van der Waals surface area contributed by atoms with Crippen LogP contribution in [0.1, 0.15) is 37.4 Å². The second-order valence-electron chi connectivity index (χ2n) is 10.6. The van der Waals surface area contributed by atoms with Gasteiger partial charge in [0, 0.05) is 36.6 Å². The summed E-state index contributed by atoms with van der Waals surface area (Å²) in [5, 5.41) is 10.0. The number of carbonyl (C=O) groups excluding carboxylic acids is 2. The van der Waals surface area contributed by atoms with E-state index in [9.17, 15) is 14.4 Å². The number of aryl methyl sites for hydroxylation is 2. The Morgan fingerprint density at radius 3 is 2.44 bits per heavy atom. The molecule has 1 heterocycles. The third-order valence-corrected chi connectivity index (χ3v) is 7.87. The van der Waals surface area contributed by atoms with Gasteiger partial charge in [-0.05, 0) is 72.9 Å². The first-order valence-electron chi connectivity index (χ1n) is 14.1. The lowest BCUT2D eigenvalue weighted by atomic mass is 9.95. The van der Waals surface area contributed by atoms with Crippen LogP contribution in [0.5, 0.6) is 17.2 Å². The van der Waals surface area contributed by atoms with Crippen LogP contribution < -0.4 is 35.6 Å². The number of amides is 2. The lowest BCUT2D eigenvalue weighted by molar-refractivity contribution is -0.119. The van der Waals surface area contributed by atoms with Crippen molar-refractivity contribution >= 4 is 34.1 Å². The zero-order chi connectivity index (χ0) is 30.8. The highest BCUT2D eigenvalue weighted by molar-refractivity contribution is 6.04. The van der Waals surface area contributed by atoms with Crippen LogP contribution in [0.25, 0.3) is 22.0 Å². The van der Waals surface area contributed by atoms with Crippen molar-refractivity contribution in [3.05, 3.63) is 76.1 Å². The van der Waals surface area contributed by atoms with Gasteiger partial charge in [0.15, 0.2) is 11.5 Å². The molecule has 0 bridgehead atoms. The normalized spacial score (nSPS) is 14.5. The fraction of sp³-hybridized carbons (Fsp3) is 0.303. The fourth-order valence-corrected chi connectivity index (χ4v) is 5.78. The van der Waals surface area contributed by atoms with Crippen molar-refractivity contribution in [3.63, 3.8) is 0 Å². The number of aromatic nitrogens is 1. The van der Waals surface area contributed by atoms with Crippen molar-refractivity contribution in [1.29, 1.82) is 0 Å². The maximum Gasteiger partial charge on any atom is 0.246 e.